The van der Waals surface area contributed by atoms with E-state index in [0.717, 1.165) is 5.56 Å². The van der Waals surface area contributed by atoms with Crippen LogP contribution in [0.1, 0.15) is 11.1 Å². The van der Waals surface area contributed by atoms with Crippen LogP contribution < -0.4 is 0 Å². The summed E-state index contributed by atoms with van der Waals surface area (Å²) in [6, 6.07) is 11.0. The van der Waals surface area contributed by atoms with Crippen LogP contribution in [0, 0.1) is 12.7 Å². The van der Waals surface area contributed by atoms with Crippen LogP contribution in [0.5, 0.6) is 0 Å². The number of hydrogen-bond acceptors (Lipinski definition) is 3. The molecule has 0 saturated carbocycles. The first kappa shape index (κ1) is 16.1. The lowest BCUT2D eigenvalue weighted by molar-refractivity contribution is 0.320. The van der Waals surface area contributed by atoms with Crippen molar-refractivity contribution in [2.24, 2.45) is 0 Å². The molecule has 2 aromatic carbocycles. The lowest BCUT2D eigenvalue weighted by Gasteiger charge is -2.07. The Hall–Kier alpha value is -1.24. The molecule has 0 amide bonds. The first-order valence-corrected chi connectivity index (χ1v) is 8.48. The molecule has 3 nitrogen and oxygen atoms in total. The van der Waals surface area contributed by atoms with Gasteiger partial charge < -0.3 is 0 Å². The predicted octanol–water partition coefficient (Wildman–Crippen LogP) is 3.84. The molecule has 2 aromatic rings. The van der Waals surface area contributed by atoms with E-state index in [1.807, 2.05) is 6.92 Å². The molecule has 0 aliphatic heterocycles. The Morgan fingerprint density at radius 2 is 1.81 bits per heavy atom. The van der Waals surface area contributed by atoms with Crippen LogP contribution in [-0.4, -0.2) is 15.0 Å². The fourth-order valence-electron chi connectivity index (χ4n) is 1.76. The molecule has 0 saturated heterocycles. The molecule has 6 heteroatoms. The van der Waals surface area contributed by atoms with E-state index in [1.165, 1.54) is 18.2 Å². The normalized spacial score (nSPS) is 11.6. The van der Waals surface area contributed by atoms with Crippen LogP contribution in [0.25, 0.3) is 0 Å². The molecule has 0 radical (unpaired) electrons. The molecule has 0 aliphatic carbocycles. The van der Waals surface area contributed by atoms with E-state index in [0.29, 0.717) is 10.0 Å². The summed E-state index contributed by atoms with van der Waals surface area (Å²) in [5.74, 6) is -0.388. The van der Waals surface area contributed by atoms with Crippen molar-refractivity contribution in [1.29, 1.82) is 0 Å². The summed E-state index contributed by atoms with van der Waals surface area (Å²) in [7, 11) is -3.80. The maximum atomic E-state index is 13.6. The van der Waals surface area contributed by atoms with E-state index < -0.39 is 10.1 Å². The third kappa shape index (κ3) is 4.36. The van der Waals surface area contributed by atoms with Gasteiger partial charge in [0.2, 0.25) is 0 Å². The van der Waals surface area contributed by atoms with Gasteiger partial charge in [0.25, 0.3) is 10.1 Å². The van der Waals surface area contributed by atoms with Gasteiger partial charge in [-0.3, -0.25) is 4.18 Å². The first-order chi connectivity index (χ1) is 9.88. The number of benzene rings is 2. The molecular weight excluding hydrogens is 359 g/mol. The van der Waals surface area contributed by atoms with Gasteiger partial charge in [-0.05, 0) is 36.8 Å². The summed E-state index contributed by atoms with van der Waals surface area (Å²) in [6.45, 7) is 1.77. The third-order valence-electron chi connectivity index (χ3n) is 2.93. The van der Waals surface area contributed by atoms with E-state index >= 15 is 0 Å². The van der Waals surface area contributed by atoms with E-state index in [2.05, 4.69) is 15.9 Å². The number of aryl methyl sites for hydroxylation is 1. The van der Waals surface area contributed by atoms with Crippen LogP contribution in [-0.2, 0) is 20.7 Å². The van der Waals surface area contributed by atoms with Gasteiger partial charge in [-0.25, -0.2) is 4.39 Å². The summed E-state index contributed by atoms with van der Waals surface area (Å²) < 4.78 is 43.1. The van der Waals surface area contributed by atoms with Crippen LogP contribution in [0.15, 0.2) is 51.8 Å². The molecule has 21 heavy (non-hydrogen) atoms. The topological polar surface area (TPSA) is 43.4 Å². The summed E-state index contributed by atoms with van der Waals surface area (Å²) in [6.07, 6.45) is 0.185. The Labute approximate surface area is 132 Å². The minimum absolute atomic E-state index is 0.101. The predicted molar refractivity (Wildman–Crippen MR) is 82.1 cm³/mol. The molecule has 0 heterocycles. The maximum absolute atomic E-state index is 13.6. The molecule has 112 valence electrons. The highest BCUT2D eigenvalue weighted by atomic mass is 79.9. The van der Waals surface area contributed by atoms with E-state index in [-0.39, 0.29) is 23.7 Å². The fraction of sp³-hybridized carbons (Fsp3) is 0.200. The summed E-state index contributed by atoms with van der Waals surface area (Å²) in [5, 5.41) is 0. The molecule has 0 aromatic heterocycles. The molecule has 0 bridgehead atoms. The zero-order valence-corrected chi connectivity index (χ0v) is 13.7. The fourth-order valence-corrected chi connectivity index (χ4v) is 3.00. The Kier molecular flexibility index (Phi) is 5.13. The first-order valence-electron chi connectivity index (χ1n) is 6.28. The summed E-state index contributed by atoms with van der Waals surface area (Å²) in [4.78, 5) is 0.101. The molecule has 0 spiro atoms. The number of halogens is 2. The van der Waals surface area contributed by atoms with Gasteiger partial charge in [0.15, 0.2) is 0 Å². The minimum Gasteiger partial charge on any atom is -0.266 e. The highest BCUT2D eigenvalue weighted by molar-refractivity contribution is 9.10. The average molecular weight is 373 g/mol. The molecule has 0 unspecified atom stereocenters. The minimum atomic E-state index is -3.80. The highest BCUT2D eigenvalue weighted by Crippen LogP contribution is 2.17. The number of rotatable bonds is 5. The Morgan fingerprint density at radius 1 is 1.14 bits per heavy atom. The standard InChI is InChI=1S/C15H14BrFO3S/c1-11-2-6-14(7-3-11)21(18,19)20-9-8-12-4-5-13(16)10-15(12)17/h2-7,10H,8-9H2,1H3. The van der Waals surface area contributed by atoms with Gasteiger partial charge in [-0.2, -0.15) is 8.42 Å². The highest BCUT2D eigenvalue weighted by Gasteiger charge is 2.15. The summed E-state index contributed by atoms with van der Waals surface area (Å²) >= 11 is 3.17. The lowest BCUT2D eigenvalue weighted by Crippen LogP contribution is -2.09. The van der Waals surface area contributed by atoms with Gasteiger partial charge in [-0.15, -0.1) is 0 Å². The van der Waals surface area contributed by atoms with Gasteiger partial charge >= 0.3 is 0 Å². The van der Waals surface area contributed by atoms with Crippen molar-refractivity contribution in [3.63, 3.8) is 0 Å². The smallest absolute Gasteiger partial charge is 0.266 e. The van der Waals surface area contributed by atoms with Crippen molar-refractivity contribution in [2.75, 3.05) is 6.61 Å². The van der Waals surface area contributed by atoms with Crippen molar-refractivity contribution in [2.45, 2.75) is 18.2 Å². The second kappa shape index (κ2) is 6.68. The molecular formula is C15H14BrFO3S. The maximum Gasteiger partial charge on any atom is 0.296 e. The van der Waals surface area contributed by atoms with E-state index in [9.17, 15) is 12.8 Å². The second-order valence-corrected chi connectivity index (χ2v) is 7.11. The second-order valence-electron chi connectivity index (χ2n) is 4.57. The molecule has 0 N–H and O–H groups in total. The molecule has 0 atom stereocenters. The van der Waals surface area contributed by atoms with Crippen molar-refractivity contribution in [1.82, 2.24) is 0 Å². The van der Waals surface area contributed by atoms with Crippen LogP contribution in [0.4, 0.5) is 4.39 Å². The van der Waals surface area contributed by atoms with Crippen molar-refractivity contribution < 1.29 is 17.0 Å². The molecule has 0 aliphatic rings. The Bertz CT molecular complexity index is 727. The van der Waals surface area contributed by atoms with Crippen LogP contribution in [0.2, 0.25) is 0 Å². The quantitative estimate of drug-likeness (QED) is 0.748. The van der Waals surface area contributed by atoms with E-state index in [1.54, 1.807) is 24.3 Å². The monoisotopic (exact) mass is 372 g/mol. The average Bonchev–Trinajstić information content (AvgIpc) is 2.41. The van der Waals surface area contributed by atoms with Gasteiger partial charge in [0, 0.05) is 10.9 Å². The van der Waals surface area contributed by atoms with Crippen molar-refractivity contribution in [3.8, 4) is 0 Å². The van der Waals surface area contributed by atoms with Crippen molar-refractivity contribution >= 4 is 26.0 Å². The SMILES string of the molecule is Cc1ccc(S(=O)(=O)OCCc2ccc(Br)cc2F)cc1. The van der Waals surface area contributed by atoms with Crippen LogP contribution >= 0.6 is 15.9 Å². The Morgan fingerprint density at radius 3 is 2.43 bits per heavy atom. The number of hydrogen-bond donors (Lipinski definition) is 0. The third-order valence-corrected chi connectivity index (χ3v) is 4.75. The van der Waals surface area contributed by atoms with Gasteiger partial charge in [0.05, 0.1) is 11.5 Å². The van der Waals surface area contributed by atoms with E-state index in [4.69, 9.17) is 4.18 Å². The van der Waals surface area contributed by atoms with Gasteiger partial charge in [-0.1, -0.05) is 39.7 Å². The Balaban J connectivity index is 2.00. The lowest BCUT2D eigenvalue weighted by atomic mass is 10.1. The summed E-state index contributed by atoms with van der Waals surface area (Å²) in [5.41, 5.74) is 1.38. The largest absolute Gasteiger partial charge is 0.296 e. The molecule has 2 rings (SSSR count). The zero-order chi connectivity index (χ0) is 15.5. The molecule has 0 fully saturated rings. The van der Waals surface area contributed by atoms with Gasteiger partial charge in [0.1, 0.15) is 5.82 Å². The van der Waals surface area contributed by atoms with Crippen LogP contribution in [0.3, 0.4) is 0 Å². The zero-order valence-electron chi connectivity index (χ0n) is 11.3. The van der Waals surface area contributed by atoms with Crippen molar-refractivity contribution in [3.05, 3.63) is 63.9 Å².